The Morgan fingerprint density at radius 3 is 2.80 bits per heavy atom. The fourth-order valence-electron chi connectivity index (χ4n) is 4.22. The molecule has 1 aliphatic carbocycles. The summed E-state index contributed by atoms with van der Waals surface area (Å²) in [6, 6.07) is 2.17. The summed E-state index contributed by atoms with van der Waals surface area (Å²) in [5.41, 5.74) is 2.64. The maximum absolute atomic E-state index is 12.9. The minimum absolute atomic E-state index is 0.169. The van der Waals surface area contributed by atoms with Crippen LogP contribution in [0.15, 0.2) is 16.6 Å². The molecule has 10 heteroatoms. The predicted molar refractivity (Wildman–Crippen MR) is 144 cm³/mol. The molecular formula is C25H32N4O3S3. The lowest BCUT2D eigenvalue weighted by atomic mass is 9.88. The van der Waals surface area contributed by atoms with Gasteiger partial charge >= 0.3 is 5.97 Å². The van der Waals surface area contributed by atoms with Gasteiger partial charge in [0.25, 0.3) is 0 Å². The van der Waals surface area contributed by atoms with Crippen LogP contribution in [0.2, 0.25) is 0 Å². The third-order valence-corrected chi connectivity index (χ3v) is 9.43. The molecule has 0 radical (unpaired) electrons. The number of anilines is 1. The quantitative estimate of drug-likeness (QED) is 0.259. The Morgan fingerprint density at radius 1 is 1.31 bits per heavy atom. The van der Waals surface area contributed by atoms with E-state index in [0.29, 0.717) is 40.7 Å². The molecule has 35 heavy (non-hydrogen) atoms. The molecule has 7 nitrogen and oxygen atoms in total. The van der Waals surface area contributed by atoms with Gasteiger partial charge in [0.15, 0.2) is 11.0 Å². The van der Waals surface area contributed by atoms with Crippen molar-refractivity contribution in [2.75, 3.05) is 17.7 Å². The smallest absolute Gasteiger partial charge is 0.341 e. The molecule has 1 aliphatic rings. The zero-order valence-corrected chi connectivity index (χ0v) is 23.3. The molecule has 1 amide bonds. The minimum Gasteiger partial charge on any atom is -0.462 e. The summed E-state index contributed by atoms with van der Waals surface area (Å²) in [7, 11) is 0. The molecule has 0 aliphatic heterocycles. The number of carbonyl (C=O) groups is 2. The number of hydrogen-bond acceptors (Lipinski definition) is 8. The highest BCUT2D eigenvalue weighted by Crippen LogP contribution is 2.40. The second-order valence-corrected chi connectivity index (χ2v) is 12.0. The molecule has 0 spiro atoms. The number of esters is 1. The number of nitrogens with one attached hydrogen (secondary N) is 1. The Bertz CT molecular complexity index is 1210. The summed E-state index contributed by atoms with van der Waals surface area (Å²) >= 11 is 4.60. The summed E-state index contributed by atoms with van der Waals surface area (Å²) < 4.78 is 7.35. The number of rotatable bonds is 9. The first-order valence-electron chi connectivity index (χ1n) is 12.1. The molecule has 1 unspecified atom stereocenters. The fraction of sp³-hybridized carbons (Fsp3) is 0.520. The van der Waals surface area contributed by atoms with E-state index in [1.807, 2.05) is 4.57 Å². The zero-order chi connectivity index (χ0) is 25.1. The van der Waals surface area contributed by atoms with E-state index in [4.69, 9.17) is 4.74 Å². The first kappa shape index (κ1) is 25.9. The van der Waals surface area contributed by atoms with E-state index in [9.17, 15) is 9.59 Å². The van der Waals surface area contributed by atoms with Crippen LogP contribution in [0.4, 0.5) is 5.00 Å². The lowest BCUT2D eigenvalue weighted by molar-refractivity contribution is -0.113. The maximum atomic E-state index is 12.9. The first-order chi connectivity index (χ1) is 16.8. The highest BCUT2D eigenvalue weighted by molar-refractivity contribution is 7.99. The van der Waals surface area contributed by atoms with Crippen molar-refractivity contribution in [3.63, 3.8) is 0 Å². The predicted octanol–water partition coefficient (Wildman–Crippen LogP) is 6.24. The Labute approximate surface area is 218 Å². The Hall–Kier alpha value is -2.17. The summed E-state index contributed by atoms with van der Waals surface area (Å²) in [5.74, 6) is 1.52. The molecule has 0 bridgehead atoms. The number of ether oxygens (including phenoxy) is 1. The molecule has 0 fully saturated rings. The summed E-state index contributed by atoms with van der Waals surface area (Å²) in [6.45, 7) is 11.4. The summed E-state index contributed by atoms with van der Waals surface area (Å²) in [6.07, 6.45) is 2.81. The van der Waals surface area contributed by atoms with E-state index < -0.39 is 0 Å². The van der Waals surface area contributed by atoms with Crippen LogP contribution in [0.1, 0.15) is 72.6 Å². The number of hydrogen-bond donors (Lipinski definition) is 1. The third-order valence-electron chi connectivity index (χ3n) is 6.06. The van der Waals surface area contributed by atoms with E-state index >= 15 is 0 Å². The maximum Gasteiger partial charge on any atom is 0.341 e. The highest BCUT2D eigenvalue weighted by atomic mass is 32.2. The van der Waals surface area contributed by atoms with Crippen LogP contribution < -0.4 is 5.32 Å². The normalized spacial score (nSPS) is 15.3. The van der Waals surface area contributed by atoms with Gasteiger partial charge in [-0.1, -0.05) is 32.5 Å². The van der Waals surface area contributed by atoms with Crippen LogP contribution in [-0.2, 0) is 28.9 Å². The number of amides is 1. The van der Waals surface area contributed by atoms with Crippen LogP contribution >= 0.6 is 34.4 Å². The Balaban J connectivity index is 1.48. The molecule has 3 aromatic heterocycles. The Kier molecular flexibility index (Phi) is 8.34. The lowest BCUT2D eigenvalue weighted by Crippen LogP contribution is -2.18. The molecule has 0 saturated heterocycles. The monoisotopic (exact) mass is 532 g/mol. The minimum atomic E-state index is -0.352. The van der Waals surface area contributed by atoms with Crippen molar-refractivity contribution in [2.45, 2.75) is 71.5 Å². The molecule has 1 atom stereocenters. The van der Waals surface area contributed by atoms with E-state index in [-0.39, 0.29) is 17.6 Å². The number of nitrogens with zero attached hydrogens (tertiary/aromatic N) is 3. The van der Waals surface area contributed by atoms with Gasteiger partial charge in [-0.05, 0) is 56.6 Å². The molecule has 4 rings (SSSR count). The van der Waals surface area contributed by atoms with Crippen LogP contribution in [0.5, 0.6) is 0 Å². The van der Waals surface area contributed by atoms with Crippen molar-refractivity contribution in [1.29, 1.82) is 0 Å². The van der Waals surface area contributed by atoms with Gasteiger partial charge in [-0.15, -0.1) is 32.9 Å². The topological polar surface area (TPSA) is 86.1 Å². The summed E-state index contributed by atoms with van der Waals surface area (Å²) in [5, 5.41) is 15.2. The van der Waals surface area contributed by atoms with E-state index in [1.54, 1.807) is 18.3 Å². The average Bonchev–Trinajstić information content (AvgIpc) is 3.53. The van der Waals surface area contributed by atoms with Crippen molar-refractivity contribution in [2.24, 2.45) is 5.92 Å². The molecule has 0 aromatic carbocycles. The van der Waals surface area contributed by atoms with Crippen molar-refractivity contribution >= 4 is 51.3 Å². The summed E-state index contributed by atoms with van der Waals surface area (Å²) in [4.78, 5) is 28.1. The second-order valence-electron chi connectivity index (χ2n) is 9.06. The molecule has 3 heterocycles. The molecule has 1 N–H and O–H groups in total. The molecule has 3 aromatic rings. The van der Waals surface area contributed by atoms with Crippen LogP contribution in [-0.4, -0.2) is 39.0 Å². The van der Waals surface area contributed by atoms with Crippen molar-refractivity contribution in [3.8, 4) is 11.4 Å². The third kappa shape index (κ3) is 5.65. The van der Waals surface area contributed by atoms with Crippen molar-refractivity contribution in [3.05, 3.63) is 32.3 Å². The second kappa shape index (κ2) is 11.3. The van der Waals surface area contributed by atoms with Gasteiger partial charge in [-0.3, -0.25) is 4.79 Å². The largest absolute Gasteiger partial charge is 0.462 e. The molecule has 188 valence electrons. The van der Waals surface area contributed by atoms with E-state index in [1.165, 1.54) is 32.9 Å². The highest BCUT2D eigenvalue weighted by Gasteiger charge is 2.29. The standard InChI is InChI=1S/C25H32N4O3S3/c1-6-29-22(16-11-18(14(3)4)33-12-16)27-28-25(29)34-13-20(30)26-23-21(24(31)32-7-2)17-9-8-15(5)10-19(17)35-23/h11-12,14-15H,6-10,13H2,1-5H3,(H,26,30). The van der Waals surface area contributed by atoms with Crippen LogP contribution in [0, 0.1) is 5.92 Å². The van der Waals surface area contributed by atoms with Gasteiger partial charge in [-0.2, -0.15) is 0 Å². The van der Waals surface area contributed by atoms with Crippen molar-refractivity contribution in [1.82, 2.24) is 14.8 Å². The van der Waals surface area contributed by atoms with Gasteiger partial charge in [0.1, 0.15) is 5.00 Å². The van der Waals surface area contributed by atoms with E-state index in [2.05, 4.69) is 54.7 Å². The van der Waals surface area contributed by atoms with Gasteiger partial charge in [0.2, 0.25) is 5.91 Å². The average molecular weight is 533 g/mol. The number of carbonyl (C=O) groups excluding carboxylic acids is 2. The van der Waals surface area contributed by atoms with Crippen molar-refractivity contribution < 1.29 is 14.3 Å². The number of thiophene rings is 2. The lowest BCUT2D eigenvalue weighted by Gasteiger charge is -2.18. The van der Waals surface area contributed by atoms with Crippen LogP contribution in [0.3, 0.4) is 0 Å². The van der Waals surface area contributed by atoms with Gasteiger partial charge in [0, 0.05) is 27.2 Å². The number of aromatic nitrogens is 3. The van der Waals surface area contributed by atoms with Crippen LogP contribution in [0.25, 0.3) is 11.4 Å². The molecular weight excluding hydrogens is 501 g/mol. The number of thioether (sulfide) groups is 1. The van der Waals surface area contributed by atoms with E-state index in [0.717, 1.165) is 36.2 Å². The van der Waals surface area contributed by atoms with Gasteiger partial charge < -0.3 is 14.6 Å². The van der Waals surface area contributed by atoms with Gasteiger partial charge in [0.05, 0.1) is 17.9 Å². The van der Waals surface area contributed by atoms with Gasteiger partial charge in [-0.25, -0.2) is 4.79 Å². The Morgan fingerprint density at radius 2 is 2.11 bits per heavy atom. The SMILES string of the molecule is CCOC(=O)c1c(NC(=O)CSc2nnc(-c3csc(C(C)C)c3)n2CC)sc2c1CCC(C)C2. The molecule has 0 saturated carbocycles. The zero-order valence-electron chi connectivity index (χ0n) is 20.8. The first-order valence-corrected chi connectivity index (χ1v) is 14.8. The fourth-order valence-corrected chi connectivity index (χ4v) is 7.34. The number of fused-ring (bicyclic) bond motifs is 1.